The van der Waals surface area contributed by atoms with Crippen LogP contribution >= 0.6 is 11.6 Å². The summed E-state index contributed by atoms with van der Waals surface area (Å²) in [6.45, 7) is 11.0. The van der Waals surface area contributed by atoms with E-state index in [1.807, 2.05) is 0 Å². The molecule has 0 radical (unpaired) electrons. The molecule has 7 heteroatoms. The number of nitrogens with one attached hydrogen (secondary N) is 2. The number of rotatable bonds is 7. The molecule has 26 heavy (non-hydrogen) atoms. The summed E-state index contributed by atoms with van der Waals surface area (Å²) in [7, 11) is -3.65. The van der Waals surface area contributed by atoms with Gasteiger partial charge in [0.1, 0.15) is 5.75 Å². The number of hydrogen-bond acceptors (Lipinski definition) is 4. The van der Waals surface area contributed by atoms with Crippen LogP contribution in [0.15, 0.2) is 23.1 Å². The van der Waals surface area contributed by atoms with Gasteiger partial charge in [-0.25, -0.2) is 13.1 Å². The molecular weight excluding hydrogens is 372 g/mol. The second-order valence-electron chi connectivity index (χ2n) is 8.41. The maximum atomic E-state index is 12.9. The molecule has 5 nitrogen and oxygen atoms in total. The summed E-state index contributed by atoms with van der Waals surface area (Å²) < 4.78 is 34.3. The van der Waals surface area contributed by atoms with Gasteiger partial charge in [-0.1, -0.05) is 24.9 Å². The van der Waals surface area contributed by atoms with E-state index < -0.39 is 10.0 Å². The number of halogens is 1. The van der Waals surface area contributed by atoms with Gasteiger partial charge in [0.25, 0.3) is 0 Å². The van der Waals surface area contributed by atoms with Gasteiger partial charge in [-0.05, 0) is 59.1 Å². The highest BCUT2D eigenvalue weighted by Gasteiger charge is 2.39. The minimum Gasteiger partial charge on any atom is -0.492 e. The predicted molar refractivity (Wildman–Crippen MR) is 106 cm³/mol. The first-order chi connectivity index (χ1) is 11.9. The number of unbranched alkanes of at least 4 members (excludes halogenated alkanes) is 1. The largest absolute Gasteiger partial charge is 0.492 e. The van der Waals surface area contributed by atoms with Crippen molar-refractivity contribution in [2.24, 2.45) is 0 Å². The van der Waals surface area contributed by atoms with Crippen molar-refractivity contribution in [1.82, 2.24) is 10.0 Å². The Hall–Kier alpha value is -0.820. The van der Waals surface area contributed by atoms with E-state index >= 15 is 0 Å². The quantitative estimate of drug-likeness (QED) is 0.673. The molecule has 0 spiro atoms. The molecule has 0 amide bonds. The van der Waals surface area contributed by atoms with Gasteiger partial charge in [0.2, 0.25) is 10.0 Å². The van der Waals surface area contributed by atoms with E-state index in [2.05, 4.69) is 44.7 Å². The fourth-order valence-corrected chi connectivity index (χ4v) is 5.20. The van der Waals surface area contributed by atoms with Gasteiger partial charge in [-0.3, -0.25) is 0 Å². The van der Waals surface area contributed by atoms with Gasteiger partial charge in [-0.15, -0.1) is 0 Å². The second kappa shape index (κ2) is 8.05. The van der Waals surface area contributed by atoms with E-state index in [-0.39, 0.29) is 22.0 Å². The van der Waals surface area contributed by atoms with Crippen molar-refractivity contribution >= 4 is 21.6 Å². The molecule has 1 aliphatic rings. The van der Waals surface area contributed by atoms with E-state index in [4.69, 9.17) is 16.3 Å². The first kappa shape index (κ1) is 21.5. The van der Waals surface area contributed by atoms with Crippen molar-refractivity contribution in [3.05, 3.63) is 23.2 Å². The molecule has 2 rings (SSSR count). The molecule has 0 saturated carbocycles. The summed E-state index contributed by atoms with van der Waals surface area (Å²) in [4.78, 5) is 0.183. The summed E-state index contributed by atoms with van der Waals surface area (Å²) >= 11 is 6.14. The normalized spacial score (nSPS) is 20.1. The van der Waals surface area contributed by atoms with Crippen LogP contribution in [0.4, 0.5) is 0 Å². The molecular formula is C19H31ClN2O3S. The van der Waals surface area contributed by atoms with Crippen LogP contribution in [0.5, 0.6) is 5.75 Å². The molecule has 0 aliphatic carbocycles. The molecule has 1 aliphatic heterocycles. The summed E-state index contributed by atoms with van der Waals surface area (Å²) in [6, 6.07) is 4.48. The van der Waals surface area contributed by atoms with Gasteiger partial charge in [0, 0.05) is 23.2 Å². The van der Waals surface area contributed by atoms with Crippen LogP contribution in [0.2, 0.25) is 5.02 Å². The van der Waals surface area contributed by atoms with Crippen LogP contribution < -0.4 is 14.8 Å². The van der Waals surface area contributed by atoms with Crippen molar-refractivity contribution < 1.29 is 13.2 Å². The average molecular weight is 403 g/mol. The first-order valence-corrected chi connectivity index (χ1v) is 11.0. The molecule has 0 bridgehead atoms. The van der Waals surface area contributed by atoms with Crippen molar-refractivity contribution in [2.75, 3.05) is 6.61 Å². The lowest BCUT2D eigenvalue weighted by Gasteiger charge is -2.46. The Bertz CT molecular complexity index is 716. The maximum Gasteiger partial charge on any atom is 0.240 e. The van der Waals surface area contributed by atoms with E-state index in [1.54, 1.807) is 6.07 Å². The van der Waals surface area contributed by atoms with Crippen LogP contribution in [0, 0.1) is 0 Å². The Kier molecular flexibility index (Phi) is 6.65. The standard InChI is InChI=1S/C19H31ClN2O3S/c1-6-7-10-25-17-11-15(8-9-16(17)20)26(23,24)21-14-12-18(2,3)22-19(4,5)13-14/h8-9,11,14,21-22H,6-7,10,12-13H2,1-5H3. The fourth-order valence-electron chi connectivity index (χ4n) is 3.78. The third kappa shape index (κ3) is 5.84. The molecule has 1 aromatic carbocycles. The zero-order chi connectivity index (χ0) is 19.6. The summed E-state index contributed by atoms with van der Waals surface area (Å²) in [5.41, 5.74) is -0.271. The molecule has 2 N–H and O–H groups in total. The molecule has 1 fully saturated rings. The predicted octanol–water partition coefficient (Wildman–Crippen LogP) is 4.11. The van der Waals surface area contributed by atoms with E-state index in [0.717, 1.165) is 25.7 Å². The van der Waals surface area contributed by atoms with Crippen LogP contribution in [0.1, 0.15) is 60.3 Å². The van der Waals surface area contributed by atoms with Crippen molar-refractivity contribution in [2.45, 2.75) is 82.3 Å². The molecule has 1 saturated heterocycles. The summed E-state index contributed by atoms with van der Waals surface area (Å²) in [5.74, 6) is 0.411. The molecule has 1 aromatic rings. The Morgan fingerprint density at radius 1 is 1.23 bits per heavy atom. The van der Waals surface area contributed by atoms with Crippen LogP contribution in [0.25, 0.3) is 0 Å². The van der Waals surface area contributed by atoms with Crippen molar-refractivity contribution in [3.63, 3.8) is 0 Å². The topological polar surface area (TPSA) is 67.4 Å². The number of benzene rings is 1. The van der Waals surface area contributed by atoms with Crippen LogP contribution in [-0.2, 0) is 10.0 Å². The number of sulfonamides is 1. The zero-order valence-electron chi connectivity index (χ0n) is 16.4. The third-order valence-electron chi connectivity index (χ3n) is 4.48. The lowest BCUT2D eigenvalue weighted by molar-refractivity contribution is 0.157. The smallest absolute Gasteiger partial charge is 0.240 e. The van der Waals surface area contributed by atoms with Crippen molar-refractivity contribution in [3.8, 4) is 5.75 Å². The molecule has 0 aromatic heterocycles. The minimum absolute atomic E-state index is 0.133. The van der Waals surface area contributed by atoms with E-state index in [1.165, 1.54) is 12.1 Å². The van der Waals surface area contributed by atoms with Crippen molar-refractivity contribution in [1.29, 1.82) is 0 Å². The summed E-state index contributed by atoms with van der Waals surface area (Å²) in [5, 5.41) is 3.98. The monoisotopic (exact) mass is 402 g/mol. The highest BCUT2D eigenvalue weighted by Crippen LogP contribution is 2.31. The molecule has 0 unspecified atom stereocenters. The highest BCUT2D eigenvalue weighted by molar-refractivity contribution is 7.89. The van der Waals surface area contributed by atoms with Gasteiger partial charge < -0.3 is 10.1 Å². The Morgan fingerprint density at radius 3 is 2.42 bits per heavy atom. The maximum absolute atomic E-state index is 12.9. The minimum atomic E-state index is -3.65. The van der Waals surface area contributed by atoms with Crippen LogP contribution in [0.3, 0.4) is 0 Å². The average Bonchev–Trinajstić information content (AvgIpc) is 2.45. The Balaban J connectivity index is 2.18. The zero-order valence-corrected chi connectivity index (χ0v) is 17.9. The van der Waals surface area contributed by atoms with Crippen LogP contribution in [-0.4, -0.2) is 32.1 Å². The number of piperidine rings is 1. The lowest BCUT2D eigenvalue weighted by Crippen LogP contribution is -2.62. The van der Waals surface area contributed by atoms with E-state index in [0.29, 0.717) is 17.4 Å². The fraction of sp³-hybridized carbons (Fsp3) is 0.684. The van der Waals surface area contributed by atoms with Gasteiger partial charge in [-0.2, -0.15) is 0 Å². The Morgan fingerprint density at radius 2 is 1.85 bits per heavy atom. The second-order valence-corrected chi connectivity index (χ2v) is 10.5. The van der Waals surface area contributed by atoms with Gasteiger partial charge in [0.05, 0.1) is 16.5 Å². The SMILES string of the molecule is CCCCOc1cc(S(=O)(=O)NC2CC(C)(C)NC(C)(C)C2)ccc1Cl. The molecule has 148 valence electrons. The molecule has 0 atom stereocenters. The number of hydrogen-bond donors (Lipinski definition) is 2. The highest BCUT2D eigenvalue weighted by atomic mass is 35.5. The number of ether oxygens (including phenoxy) is 1. The summed E-state index contributed by atoms with van der Waals surface area (Å²) in [6.07, 6.45) is 3.34. The van der Waals surface area contributed by atoms with E-state index in [9.17, 15) is 8.42 Å². The Labute approximate surface area is 162 Å². The molecule has 1 heterocycles. The first-order valence-electron chi connectivity index (χ1n) is 9.18. The lowest BCUT2D eigenvalue weighted by atomic mass is 9.80. The van der Waals surface area contributed by atoms with Gasteiger partial charge >= 0.3 is 0 Å². The van der Waals surface area contributed by atoms with Gasteiger partial charge in [0.15, 0.2) is 0 Å². The third-order valence-corrected chi connectivity index (χ3v) is 6.31.